The lowest BCUT2D eigenvalue weighted by atomic mass is 10.1. The number of carbonyl (C=O) groups excluding carboxylic acids is 1. The number of hydrogen-bond acceptors (Lipinski definition) is 3. The van der Waals surface area contributed by atoms with Crippen LogP contribution in [0.4, 0.5) is 0 Å². The number of amides is 1. The summed E-state index contributed by atoms with van der Waals surface area (Å²) in [5, 5.41) is 0. The molecule has 4 nitrogen and oxygen atoms in total. The van der Waals surface area contributed by atoms with Crippen molar-refractivity contribution in [3.8, 4) is 5.75 Å². The first-order chi connectivity index (χ1) is 12.6. The molecule has 1 aliphatic rings. The van der Waals surface area contributed by atoms with Crippen molar-refractivity contribution in [3.63, 3.8) is 0 Å². The van der Waals surface area contributed by atoms with E-state index < -0.39 is 0 Å². The third-order valence-electron chi connectivity index (χ3n) is 4.98. The second-order valence-corrected chi connectivity index (χ2v) is 6.84. The number of nitrogens with zero attached hydrogens (tertiary/aromatic N) is 2. The number of aromatic nitrogens is 1. The molecular weight excluding hydrogens is 324 g/mol. The number of ether oxygens (including phenoxy) is 1. The monoisotopic (exact) mass is 350 g/mol. The van der Waals surface area contributed by atoms with E-state index in [9.17, 15) is 4.79 Å². The Kier molecular flexibility index (Phi) is 6.05. The third kappa shape index (κ3) is 4.72. The third-order valence-corrected chi connectivity index (χ3v) is 4.98. The fraction of sp³-hybridized carbons (Fsp3) is 0.364. The topological polar surface area (TPSA) is 42.4 Å². The number of rotatable bonds is 6. The maximum atomic E-state index is 12.5. The highest BCUT2D eigenvalue weighted by atomic mass is 16.5. The summed E-state index contributed by atoms with van der Waals surface area (Å²) in [6, 6.07) is 11.8. The van der Waals surface area contributed by atoms with Gasteiger partial charge in [-0.15, -0.1) is 0 Å². The SMILES string of the molecule is CC(c1cccnc1)N(C)C(=O)/C=C/c1cccc(OC2CCCC2)c1. The zero-order valence-corrected chi connectivity index (χ0v) is 15.5. The van der Waals surface area contributed by atoms with Gasteiger partial charge in [-0.25, -0.2) is 0 Å². The summed E-state index contributed by atoms with van der Waals surface area (Å²) in [4.78, 5) is 18.3. The van der Waals surface area contributed by atoms with Gasteiger partial charge < -0.3 is 9.64 Å². The molecule has 4 heteroatoms. The summed E-state index contributed by atoms with van der Waals surface area (Å²) in [6.45, 7) is 2.00. The largest absolute Gasteiger partial charge is 0.490 e. The van der Waals surface area contributed by atoms with E-state index in [2.05, 4.69) is 4.98 Å². The van der Waals surface area contributed by atoms with E-state index in [1.54, 1.807) is 23.4 Å². The summed E-state index contributed by atoms with van der Waals surface area (Å²) < 4.78 is 6.03. The fourth-order valence-electron chi connectivity index (χ4n) is 3.21. The van der Waals surface area contributed by atoms with Crippen molar-refractivity contribution in [2.24, 2.45) is 0 Å². The van der Waals surface area contributed by atoms with Gasteiger partial charge in [0.2, 0.25) is 5.91 Å². The molecule has 0 aliphatic heterocycles. The highest BCUT2D eigenvalue weighted by molar-refractivity contribution is 5.91. The van der Waals surface area contributed by atoms with Gasteiger partial charge in [0, 0.05) is 25.5 Å². The van der Waals surface area contributed by atoms with Crippen molar-refractivity contribution in [1.82, 2.24) is 9.88 Å². The summed E-state index contributed by atoms with van der Waals surface area (Å²) >= 11 is 0. The van der Waals surface area contributed by atoms with E-state index in [0.717, 1.165) is 29.7 Å². The summed E-state index contributed by atoms with van der Waals surface area (Å²) in [5.74, 6) is 0.840. The van der Waals surface area contributed by atoms with E-state index in [4.69, 9.17) is 4.74 Å². The van der Waals surface area contributed by atoms with Crippen LogP contribution in [0.2, 0.25) is 0 Å². The molecule has 3 rings (SSSR count). The van der Waals surface area contributed by atoms with E-state index in [1.165, 1.54) is 12.8 Å². The molecular formula is C22H26N2O2. The molecule has 0 radical (unpaired) electrons. The Morgan fingerprint density at radius 1 is 1.27 bits per heavy atom. The van der Waals surface area contributed by atoms with Gasteiger partial charge in [-0.05, 0) is 68.0 Å². The molecule has 0 N–H and O–H groups in total. The van der Waals surface area contributed by atoms with Gasteiger partial charge in [-0.3, -0.25) is 9.78 Å². The minimum Gasteiger partial charge on any atom is -0.490 e. The quantitative estimate of drug-likeness (QED) is 0.713. The lowest BCUT2D eigenvalue weighted by Gasteiger charge is -2.23. The smallest absolute Gasteiger partial charge is 0.246 e. The first kappa shape index (κ1) is 18.2. The molecule has 0 spiro atoms. The Labute approximate surface area is 155 Å². The summed E-state index contributed by atoms with van der Waals surface area (Å²) in [5.41, 5.74) is 1.99. The standard InChI is InChI=1S/C22H26N2O2/c1-17(19-8-6-14-23-16-19)24(2)22(25)13-12-18-7-5-11-21(15-18)26-20-9-3-4-10-20/h5-8,11-17,20H,3-4,9-10H2,1-2H3/b13-12+. The fourth-order valence-corrected chi connectivity index (χ4v) is 3.21. The molecule has 1 atom stereocenters. The highest BCUT2D eigenvalue weighted by Crippen LogP contribution is 2.25. The van der Waals surface area contributed by atoms with Crippen molar-refractivity contribution in [1.29, 1.82) is 0 Å². The van der Waals surface area contributed by atoms with Gasteiger partial charge in [0.25, 0.3) is 0 Å². The number of pyridine rings is 1. The molecule has 1 aromatic carbocycles. The molecule has 2 aromatic rings. The van der Waals surface area contributed by atoms with Crippen LogP contribution in [0.5, 0.6) is 5.75 Å². The molecule has 136 valence electrons. The van der Waals surface area contributed by atoms with Crippen molar-refractivity contribution in [2.45, 2.75) is 44.8 Å². The maximum Gasteiger partial charge on any atom is 0.246 e. The van der Waals surface area contributed by atoms with E-state index in [1.807, 2.05) is 56.4 Å². The van der Waals surface area contributed by atoms with Crippen LogP contribution in [0.25, 0.3) is 6.08 Å². The van der Waals surface area contributed by atoms with Crippen molar-refractivity contribution in [3.05, 3.63) is 66.0 Å². The Balaban J connectivity index is 1.62. The van der Waals surface area contributed by atoms with Crippen LogP contribution in [-0.2, 0) is 4.79 Å². The van der Waals surface area contributed by atoms with Crippen LogP contribution in [0, 0.1) is 0 Å². The average molecular weight is 350 g/mol. The molecule has 0 bridgehead atoms. The molecule has 1 heterocycles. The van der Waals surface area contributed by atoms with Gasteiger partial charge in [-0.1, -0.05) is 18.2 Å². The Morgan fingerprint density at radius 3 is 2.81 bits per heavy atom. The second kappa shape index (κ2) is 8.65. The van der Waals surface area contributed by atoms with Crippen LogP contribution >= 0.6 is 0 Å². The van der Waals surface area contributed by atoms with E-state index in [0.29, 0.717) is 6.10 Å². The second-order valence-electron chi connectivity index (χ2n) is 6.84. The predicted octanol–water partition coefficient (Wildman–Crippen LogP) is 4.64. The molecule has 1 aliphatic carbocycles. The zero-order valence-electron chi connectivity index (χ0n) is 15.5. The molecule has 1 saturated carbocycles. The normalized spacial score (nSPS) is 15.9. The van der Waals surface area contributed by atoms with Crippen LogP contribution in [0.1, 0.15) is 49.8 Å². The Morgan fingerprint density at radius 2 is 2.08 bits per heavy atom. The summed E-state index contributed by atoms with van der Waals surface area (Å²) in [6.07, 6.45) is 12.1. The van der Waals surface area contributed by atoms with Crippen molar-refractivity contribution >= 4 is 12.0 Å². The van der Waals surface area contributed by atoms with Gasteiger partial charge in [-0.2, -0.15) is 0 Å². The zero-order chi connectivity index (χ0) is 18.4. The molecule has 0 saturated heterocycles. The van der Waals surface area contributed by atoms with E-state index in [-0.39, 0.29) is 11.9 Å². The molecule has 1 fully saturated rings. The predicted molar refractivity (Wildman–Crippen MR) is 104 cm³/mol. The molecule has 1 aromatic heterocycles. The van der Waals surface area contributed by atoms with Crippen molar-refractivity contribution < 1.29 is 9.53 Å². The van der Waals surface area contributed by atoms with E-state index >= 15 is 0 Å². The molecule has 1 unspecified atom stereocenters. The highest BCUT2D eigenvalue weighted by Gasteiger charge is 2.17. The van der Waals surface area contributed by atoms with Gasteiger partial charge >= 0.3 is 0 Å². The summed E-state index contributed by atoms with van der Waals surface area (Å²) in [7, 11) is 1.81. The lowest BCUT2D eigenvalue weighted by Crippen LogP contribution is -2.28. The van der Waals surface area contributed by atoms with Gasteiger partial charge in [0.1, 0.15) is 5.75 Å². The number of benzene rings is 1. The number of hydrogen-bond donors (Lipinski definition) is 0. The van der Waals surface area contributed by atoms with Crippen LogP contribution in [0.15, 0.2) is 54.9 Å². The van der Waals surface area contributed by atoms with Crippen LogP contribution < -0.4 is 4.74 Å². The minimum absolute atomic E-state index is 0.0297. The number of likely N-dealkylation sites (N-methyl/N-ethyl adjacent to an activating group) is 1. The molecule has 26 heavy (non-hydrogen) atoms. The van der Waals surface area contributed by atoms with Crippen LogP contribution in [0.3, 0.4) is 0 Å². The minimum atomic E-state index is -0.0385. The Hall–Kier alpha value is -2.62. The Bertz CT molecular complexity index is 752. The van der Waals surface area contributed by atoms with Gasteiger partial charge in [0.05, 0.1) is 12.1 Å². The maximum absolute atomic E-state index is 12.5. The average Bonchev–Trinajstić information content (AvgIpc) is 3.19. The lowest BCUT2D eigenvalue weighted by molar-refractivity contribution is -0.126. The van der Waals surface area contributed by atoms with Crippen molar-refractivity contribution in [2.75, 3.05) is 7.05 Å². The van der Waals surface area contributed by atoms with Crippen LogP contribution in [-0.4, -0.2) is 28.9 Å². The first-order valence-electron chi connectivity index (χ1n) is 9.25. The first-order valence-corrected chi connectivity index (χ1v) is 9.25. The number of carbonyl (C=O) groups is 1. The van der Waals surface area contributed by atoms with Gasteiger partial charge in [0.15, 0.2) is 0 Å². The molecule has 1 amide bonds.